The van der Waals surface area contributed by atoms with E-state index in [1.807, 2.05) is 13.8 Å². The Hall–Kier alpha value is -0.400. The highest BCUT2D eigenvalue weighted by atomic mass is 19.3. The first-order valence-electron chi connectivity index (χ1n) is 3.95. The highest BCUT2D eigenvalue weighted by Crippen LogP contribution is 2.19. The van der Waals surface area contributed by atoms with E-state index >= 15 is 0 Å². The molecule has 0 aromatic heterocycles. The van der Waals surface area contributed by atoms with Gasteiger partial charge < -0.3 is 0 Å². The molecule has 0 aliphatic heterocycles. The van der Waals surface area contributed by atoms with Gasteiger partial charge >= 0.3 is 0 Å². The lowest BCUT2D eigenvalue weighted by atomic mass is 10.00. The fourth-order valence-corrected chi connectivity index (χ4v) is 0.902. The van der Waals surface area contributed by atoms with Crippen LogP contribution in [-0.4, -0.2) is 6.43 Å². The Labute approximate surface area is 67.3 Å². The Morgan fingerprint density at radius 3 is 1.64 bits per heavy atom. The summed E-state index contributed by atoms with van der Waals surface area (Å²) < 4.78 is 24.5. The predicted octanol–water partition coefficient (Wildman–Crippen LogP) is 3.49. The molecule has 0 heterocycles. The number of halogens is 2. The average Bonchev–Trinajstić information content (AvgIpc) is 1.81. The van der Waals surface area contributed by atoms with Gasteiger partial charge in [-0.05, 0) is 17.4 Å². The summed E-state index contributed by atoms with van der Waals surface area (Å²) in [5, 5.41) is 0. The Kier molecular flexibility index (Phi) is 4.31. The normalized spacial score (nSPS) is 13.7. The molecule has 0 fully saturated rings. The van der Waals surface area contributed by atoms with Crippen LogP contribution in [0.1, 0.15) is 27.7 Å². The van der Waals surface area contributed by atoms with Gasteiger partial charge in [0, 0.05) is 0 Å². The molecule has 0 bridgehead atoms. The van der Waals surface area contributed by atoms with Gasteiger partial charge in [-0.25, -0.2) is 8.78 Å². The molecule has 66 valence electrons. The Bertz CT molecular complexity index is 124. The Morgan fingerprint density at radius 2 is 1.55 bits per heavy atom. The summed E-state index contributed by atoms with van der Waals surface area (Å²) in [4.78, 5) is 0. The third kappa shape index (κ3) is 4.12. The van der Waals surface area contributed by atoms with E-state index in [4.69, 9.17) is 0 Å². The third-order valence-corrected chi connectivity index (χ3v) is 1.44. The minimum Gasteiger partial charge on any atom is -0.205 e. The molecule has 0 aromatic carbocycles. The zero-order valence-electron chi connectivity index (χ0n) is 7.57. The summed E-state index contributed by atoms with van der Waals surface area (Å²) in [6.45, 7) is 7.40. The standard InChI is InChI=1S/C9H16F2/c1-6(2)5-8(7(3)4)9(10)11/h5-7,9H,1-4H3/b8-5+. The van der Waals surface area contributed by atoms with Crippen molar-refractivity contribution in [3.05, 3.63) is 11.6 Å². The molecule has 0 N–H and O–H groups in total. The minimum atomic E-state index is -2.29. The van der Waals surface area contributed by atoms with Crippen molar-refractivity contribution < 1.29 is 8.78 Å². The van der Waals surface area contributed by atoms with E-state index in [-0.39, 0.29) is 17.4 Å². The smallest absolute Gasteiger partial charge is 0.205 e. The van der Waals surface area contributed by atoms with Gasteiger partial charge in [-0.1, -0.05) is 33.8 Å². The van der Waals surface area contributed by atoms with Crippen LogP contribution in [0.3, 0.4) is 0 Å². The summed E-state index contributed by atoms with van der Waals surface area (Å²) in [5.74, 6) is 0.166. The second kappa shape index (κ2) is 4.47. The van der Waals surface area contributed by atoms with E-state index < -0.39 is 6.43 Å². The van der Waals surface area contributed by atoms with Gasteiger partial charge in [0.1, 0.15) is 0 Å². The molecule has 0 unspecified atom stereocenters. The van der Waals surface area contributed by atoms with Gasteiger partial charge in [0.2, 0.25) is 0 Å². The van der Waals surface area contributed by atoms with Crippen molar-refractivity contribution in [1.29, 1.82) is 0 Å². The lowest BCUT2D eigenvalue weighted by Gasteiger charge is -2.11. The summed E-state index contributed by atoms with van der Waals surface area (Å²) in [5.41, 5.74) is 0.264. The van der Waals surface area contributed by atoms with Gasteiger partial charge in [0.05, 0.1) is 0 Å². The SMILES string of the molecule is CC(C)/C=C(\C(C)C)C(F)F. The fraction of sp³-hybridized carbons (Fsp3) is 0.778. The van der Waals surface area contributed by atoms with Crippen molar-refractivity contribution in [2.45, 2.75) is 34.1 Å². The molecule has 0 saturated heterocycles. The largest absolute Gasteiger partial charge is 0.260 e. The zero-order chi connectivity index (χ0) is 9.02. The van der Waals surface area contributed by atoms with Crippen LogP contribution in [0.15, 0.2) is 11.6 Å². The van der Waals surface area contributed by atoms with Crippen molar-refractivity contribution >= 4 is 0 Å². The van der Waals surface area contributed by atoms with E-state index in [2.05, 4.69) is 0 Å². The number of alkyl halides is 2. The van der Waals surface area contributed by atoms with Crippen LogP contribution in [-0.2, 0) is 0 Å². The first kappa shape index (κ1) is 10.6. The van der Waals surface area contributed by atoms with Crippen molar-refractivity contribution in [3.63, 3.8) is 0 Å². The molecule has 0 nitrogen and oxygen atoms in total. The number of rotatable bonds is 3. The quantitative estimate of drug-likeness (QED) is 0.557. The second-order valence-corrected chi connectivity index (χ2v) is 3.37. The average molecular weight is 162 g/mol. The van der Waals surface area contributed by atoms with Crippen molar-refractivity contribution in [2.75, 3.05) is 0 Å². The van der Waals surface area contributed by atoms with Crippen LogP contribution in [0.25, 0.3) is 0 Å². The van der Waals surface area contributed by atoms with Crippen LogP contribution in [0.5, 0.6) is 0 Å². The van der Waals surface area contributed by atoms with Crippen LogP contribution < -0.4 is 0 Å². The fourth-order valence-electron chi connectivity index (χ4n) is 0.902. The third-order valence-electron chi connectivity index (χ3n) is 1.44. The Balaban J connectivity index is 4.33. The topological polar surface area (TPSA) is 0 Å². The Morgan fingerprint density at radius 1 is 1.09 bits per heavy atom. The molecule has 0 radical (unpaired) electrons. The lowest BCUT2D eigenvalue weighted by molar-refractivity contribution is 0.176. The van der Waals surface area contributed by atoms with E-state index in [1.165, 1.54) is 0 Å². The molecule has 0 aromatic rings. The van der Waals surface area contributed by atoms with Crippen molar-refractivity contribution in [3.8, 4) is 0 Å². The molecule has 0 spiro atoms. The summed E-state index contributed by atoms with van der Waals surface area (Å²) >= 11 is 0. The molecular weight excluding hydrogens is 146 g/mol. The van der Waals surface area contributed by atoms with Crippen molar-refractivity contribution in [2.24, 2.45) is 11.8 Å². The molecule has 0 aliphatic carbocycles. The predicted molar refractivity (Wildman–Crippen MR) is 43.8 cm³/mol. The van der Waals surface area contributed by atoms with E-state index in [9.17, 15) is 8.78 Å². The molecule has 0 amide bonds. The number of allylic oxidation sites excluding steroid dienone is 2. The first-order chi connectivity index (χ1) is 4.95. The maximum absolute atomic E-state index is 12.2. The number of hydrogen-bond donors (Lipinski definition) is 0. The second-order valence-electron chi connectivity index (χ2n) is 3.37. The van der Waals surface area contributed by atoms with Crippen LogP contribution in [0.2, 0.25) is 0 Å². The molecule has 11 heavy (non-hydrogen) atoms. The molecule has 0 rings (SSSR count). The maximum Gasteiger partial charge on any atom is 0.260 e. The number of hydrogen-bond acceptors (Lipinski definition) is 0. The lowest BCUT2D eigenvalue weighted by Crippen LogP contribution is -2.05. The van der Waals surface area contributed by atoms with Crippen LogP contribution in [0, 0.1) is 11.8 Å². The molecule has 0 saturated carbocycles. The zero-order valence-corrected chi connectivity index (χ0v) is 7.57. The van der Waals surface area contributed by atoms with Crippen LogP contribution >= 0.6 is 0 Å². The summed E-state index contributed by atoms with van der Waals surface area (Å²) in [6.07, 6.45) is -0.646. The first-order valence-corrected chi connectivity index (χ1v) is 3.95. The van der Waals surface area contributed by atoms with Crippen molar-refractivity contribution in [1.82, 2.24) is 0 Å². The van der Waals surface area contributed by atoms with Gasteiger partial charge in [-0.3, -0.25) is 0 Å². The highest BCUT2D eigenvalue weighted by Gasteiger charge is 2.14. The minimum absolute atomic E-state index is 0.0441. The summed E-state index contributed by atoms with van der Waals surface area (Å²) in [6, 6.07) is 0. The van der Waals surface area contributed by atoms with E-state index in [1.54, 1.807) is 19.9 Å². The summed E-state index contributed by atoms with van der Waals surface area (Å²) in [7, 11) is 0. The highest BCUT2D eigenvalue weighted by molar-refractivity contribution is 5.08. The molecule has 0 atom stereocenters. The molecule has 0 aliphatic rings. The van der Waals surface area contributed by atoms with Gasteiger partial charge in [0.25, 0.3) is 6.43 Å². The monoisotopic (exact) mass is 162 g/mol. The van der Waals surface area contributed by atoms with Crippen LogP contribution in [0.4, 0.5) is 8.78 Å². The molecule has 2 heteroatoms. The van der Waals surface area contributed by atoms with E-state index in [0.29, 0.717) is 0 Å². The van der Waals surface area contributed by atoms with Gasteiger partial charge in [-0.15, -0.1) is 0 Å². The van der Waals surface area contributed by atoms with Gasteiger partial charge in [0.15, 0.2) is 0 Å². The molecular formula is C9H16F2. The maximum atomic E-state index is 12.2. The van der Waals surface area contributed by atoms with Gasteiger partial charge in [-0.2, -0.15) is 0 Å². The van der Waals surface area contributed by atoms with E-state index in [0.717, 1.165) is 0 Å².